The number of nitrogens with one attached hydrogen (secondary N) is 2. The van der Waals surface area contributed by atoms with E-state index in [2.05, 4.69) is 10.6 Å². The summed E-state index contributed by atoms with van der Waals surface area (Å²) in [7, 11) is 0. The van der Waals surface area contributed by atoms with E-state index in [9.17, 15) is 9.59 Å². The van der Waals surface area contributed by atoms with Crippen LogP contribution in [0.5, 0.6) is 0 Å². The fourth-order valence-electron chi connectivity index (χ4n) is 2.51. The third-order valence-electron chi connectivity index (χ3n) is 3.69. The third kappa shape index (κ3) is 2.99. The lowest BCUT2D eigenvalue weighted by Crippen LogP contribution is -2.37. The number of fused-ring (bicyclic) bond motifs is 1. The highest BCUT2D eigenvalue weighted by atomic mass is 16.2. The fourth-order valence-corrected chi connectivity index (χ4v) is 2.51. The van der Waals surface area contributed by atoms with E-state index < -0.39 is 6.04 Å². The Kier molecular flexibility index (Phi) is 3.89. The van der Waals surface area contributed by atoms with Gasteiger partial charge in [-0.15, -0.1) is 0 Å². The fraction of sp³-hybridized carbons (Fsp3) is 0.176. The van der Waals surface area contributed by atoms with Gasteiger partial charge in [0.15, 0.2) is 0 Å². The minimum atomic E-state index is -0.615. The summed E-state index contributed by atoms with van der Waals surface area (Å²) in [5.74, 6) is -0.310. The van der Waals surface area contributed by atoms with Crippen LogP contribution >= 0.6 is 0 Å². The first-order valence-electron chi connectivity index (χ1n) is 7.15. The van der Waals surface area contributed by atoms with Gasteiger partial charge in [0.1, 0.15) is 0 Å². The molecule has 2 aromatic rings. The molecule has 1 aliphatic heterocycles. The van der Waals surface area contributed by atoms with Gasteiger partial charge in [0.2, 0.25) is 5.91 Å². The molecule has 1 aliphatic rings. The van der Waals surface area contributed by atoms with Gasteiger partial charge in [0, 0.05) is 17.8 Å². The van der Waals surface area contributed by atoms with Gasteiger partial charge in [-0.1, -0.05) is 30.3 Å². The number of hydrogen-bond acceptors (Lipinski definition) is 3. The van der Waals surface area contributed by atoms with Crippen LogP contribution in [0.2, 0.25) is 0 Å². The van der Waals surface area contributed by atoms with E-state index in [1.54, 1.807) is 18.2 Å². The smallest absolute Gasteiger partial charge is 0.251 e. The van der Waals surface area contributed by atoms with Crippen molar-refractivity contribution in [1.82, 2.24) is 5.32 Å². The number of anilines is 1. The zero-order valence-corrected chi connectivity index (χ0v) is 12.0. The Morgan fingerprint density at radius 1 is 1.23 bits per heavy atom. The number of carbonyl (C=O) groups is 2. The molecule has 0 saturated carbocycles. The molecule has 0 unspecified atom stereocenters. The van der Waals surface area contributed by atoms with Crippen molar-refractivity contribution in [3.8, 4) is 0 Å². The predicted octanol–water partition coefficient (Wildman–Crippen LogP) is 1.44. The van der Waals surface area contributed by atoms with E-state index in [0.29, 0.717) is 24.2 Å². The number of amides is 2. The maximum atomic E-state index is 12.2. The Hall–Kier alpha value is -2.66. The average Bonchev–Trinajstić information content (AvgIpc) is 2.89. The molecule has 0 radical (unpaired) electrons. The molecule has 0 bridgehead atoms. The summed E-state index contributed by atoms with van der Waals surface area (Å²) in [6.07, 6.45) is 0.484. The lowest BCUT2D eigenvalue weighted by Gasteiger charge is -2.13. The standard InChI is InChI=1S/C17H17N3O2/c18-15(8-11-4-2-1-3-5-11)17(22)20-13-6-7-14-12(9-13)10-19-16(14)21/h1-7,9,15H,8,10,18H2,(H,19,21)(H,20,22)/t15-/m0/s1. The Bertz CT molecular complexity index is 713. The van der Waals surface area contributed by atoms with E-state index in [-0.39, 0.29) is 11.8 Å². The molecule has 3 rings (SSSR count). The van der Waals surface area contributed by atoms with Gasteiger partial charge >= 0.3 is 0 Å². The van der Waals surface area contributed by atoms with Crippen molar-refractivity contribution in [3.63, 3.8) is 0 Å². The van der Waals surface area contributed by atoms with Crippen LogP contribution in [0.4, 0.5) is 5.69 Å². The summed E-state index contributed by atoms with van der Waals surface area (Å²) in [5.41, 5.74) is 9.18. The Labute approximate surface area is 128 Å². The molecule has 0 aliphatic carbocycles. The van der Waals surface area contributed by atoms with Crippen molar-refractivity contribution in [2.45, 2.75) is 19.0 Å². The molecule has 0 spiro atoms. The third-order valence-corrected chi connectivity index (χ3v) is 3.69. The molecule has 5 nitrogen and oxygen atoms in total. The maximum absolute atomic E-state index is 12.2. The number of carbonyl (C=O) groups excluding carboxylic acids is 2. The van der Waals surface area contributed by atoms with Crippen molar-refractivity contribution in [2.24, 2.45) is 5.73 Å². The molecule has 1 heterocycles. The second kappa shape index (κ2) is 5.99. The summed E-state index contributed by atoms with van der Waals surface area (Å²) in [5, 5.41) is 5.55. The Morgan fingerprint density at radius 2 is 2.00 bits per heavy atom. The van der Waals surface area contributed by atoms with Crippen LogP contribution in [0.1, 0.15) is 21.5 Å². The Morgan fingerprint density at radius 3 is 2.77 bits per heavy atom. The highest BCUT2D eigenvalue weighted by Gasteiger charge is 2.20. The number of rotatable bonds is 4. The molecular weight excluding hydrogens is 278 g/mol. The molecule has 4 N–H and O–H groups in total. The van der Waals surface area contributed by atoms with E-state index in [1.165, 1.54) is 0 Å². The molecule has 2 aromatic carbocycles. The van der Waals surface area contributed by atoms with E-state index in [4.69, 9.17) is 5.73 Å². The zero-order valence-electron chi connectivity index (χ0n) is 12.0. The highest BCUT2D eigenvalue weighted by Crippen LogP contribution is 2.20. The Balaban J connectivity index is 1.65. The lowest BCUT2D eigenvalue weighted by molar-refractivity contribution is -0.117. The minimum absolute atomic E-state index is 0.0753. The molecule has 22 heavy (non-hydrogen) atoms. The highest BCUT2D eigenvalue weighted by molar-refractivity contribution is 6.00. The summed E-state index contributed by atoms with van der Waals surface area (Å²) in [6, 6.07) is 14.3. The van der Waals surface area contributed by atoms with Gasteiger partial charge < -0.3 is 16.4 Å². The topological polar surface area (TPSA) is 84.2 Å². The molecule has 2 amide bonds. The van der Waals surface area contributed by atoms with Gasteiger partial charge in [0.05, 0.1) is 6.04 Å². The number of nitrogens with two attached hydrogens (primary N) is 1. The monoisotopic (exact) mass is 295 g/mol. The van der Waals surface area contributed by atoms with E-state index >= 15 is 0 Å². The second-order valence-electron chi connectivity index (χ2n) is 5.34. The normalized spacial score (nSPS) is 14.1. The van der Waals surface area contributed by atoms with Gasteiger partial charge in [-0.25, -0.2) is 0 Å². The second-order valence-corrected chi connectivity index (χ2v) is 5.34. The van der Waals surface area contributed by atoms with E-state index in [1.807, 2.05) is 30.3 Å². The minimum Gasteiger partial charge on any atom is -0.348 e. The van der Waals surface area contributed by atoms with Crippen molar-refractivity contribution in [3.05, 3.63) is 65.2 Å². The van der Waals surface area contributed by atoms with Crippen LogP contribution in [0.3, 0.4) is 0 Å². The molecule has 5 heteroatoms. The summed E-state index contributed by atoms with van der Waals surface area (Å²) in [4.78, 5) is 23.7. The van der Waals surface area contributed by atoms with Crippen LogP contribution in [-0.4, -0.2) is 17.9 Å². The van der Waals surface area contributed by atoms with Crippen LogP contribution in [0, 0.1) is 0 Å². The van der Waals surface area contributed by atoms with Gasteiger partial charge in [-0.2, -0.15) is 0 Å². The largest absolute Gasteiger partial charge is 0.348 e. The van der Waals surface area contributed by atoms with Crippen molar-refractivity contribution >= 4 is 17.5 Å². The van der Waals surface area contributed by atoms with Gasteiger partial charge in [-0.3, -0.25) is 9.59 Å². The first kappa shape index (κ1) is 14.3. The van der Waals surface area contributed by atoms with Crippen molar-refractivity contribution in [1.29, 1.82) is 0 Å². The first-order chi connectivity index (χ1) is 10.6. The summed E-state index contributed by atoms with van der Waals surface area (Å²) in [6.45, 7) is 0.494. The van der Waals surface area contributed by atoms with Gasteiger partial charge in [-0.05, 0) is 35.7 Å². The molecule has 0 saturated heterocycles. The molecule has 1 atom stereocenters. The molecular formula is C17H17N3O2. The van der Waals surface area contributed by atoms with Crippen LogP contribution < -0.4 is 16.4 Å². The van der Waals surface area contributed by atoms with Gasteiger partial charge in [0.25, 0.3) is 5.91 Å². The zero-order chi connectivity index (χ0) is 15.5. The van der Waals surface area contributed by atoms with Crippen molar-refractivity contribution in [2.75, 3.05) is 5.32 Å². The average molecular weight is 295 g/mol. The number of hydrogen-bond donors (Lipinski definition) is 3. The summed E-state index contributed by atoms with van der Waals surface area (Å²) >= 11 is 0. The van der Waals surface area contributed by atoms with Crippen LogP contribution in [0.15, 0.2) is 48.5 Å². The quantitative estimate of drug-likeness (QED) is 0.798. The van der Waals surface area contributed by atoms with E-state index in [0.717, 1.165) is 11.1 Å². The predicted molar refractivity (Wildman–Crippen MR) is 84.4 cm³/mol. The maximum Gasteiger partial charge on any atom is 0.251 e. The SMILES string of the molecule is N[C@@H](Cc1ccccc1)C(=O)Nc1ccc2c(c1)CNC2=O. The van der Waals surface area contributed by atoms with Crippen molar-refractivity contribution < 1.29 is 9.59 Å². The molecule has 0 aromatic heterocycles. The lowest BCUT2D eigenvalue weighted by atomic mass is 10.1. The van der Waals surface area contributed by atoms with Crippen LogP contribution in [-0.2, 0) is 17.8 Å². The summed E-state index contributed by atoms with van der Waals surface area (Å²) < 4.78 is 0. The number of benzene rings is 2. The first-order valence-corrected chi connectivity index (χ1v) is 7.15. The molecule has 0 fully saturated rings. The molecule has 112 valence electrons. The van der Waals surface area contributed by atoms with Crippen LogP contribution in [0.25, 0.3) is 0 Å².